The van der Waals surface area contributed by atoms with Crippen LogP contribution in [0.25, 0.3) is 0 Å². The van der Waals surface area contributed by atoms with Gasteiger partial charge in [0.1, 0.15) is 5.82 Å². The lowest BCUT2D eigenvalue weighted by Crippen LogP contribution is -2.54. The Morgan fingerprint density at radius 3 is 2.75 bits per heavy atom. The van der Waals surface area contributed by atoms with E-state index in [1.807, 2.05) is 13.0 Å². The number of carbonyl (C=O) groups excluding carboxylic acids is 1. The summed E-state index contributed by atoms with van der Waals surface area (Å²) in [6, 6.07) is 4.28. The molecule has 2 N–H and O–H groups in total. The van der Waals surface area contributed by atoms with E-state index in [0.29, 0.717) is 24.8 Å². The SMILES string of the molecule is CCNC(=O)c1ccc(N[C@H]2COC[C@@H]2N2CCN(C)CC2)nc1. The molecule has 2 aliphatic rings. The van der Waals surface area contributed by atoms with Gasteiger partial charge in [0.2, 0.25) is 0 Å². The first-order chi connectivity index (χ1) is 11.7. The summed E-state index contributed by atoms with van der Waals surface area (Å²) >= 11 is 0. The fraction of sp³-hybridized carbons (Fsp3) is 0.647. The van der Waals surface area contributed by atoms with Gasteiger partial charge in [-0.2, -0.15) is 0 Å². The van der Waals surface area contributed by atoms with E-state index in [0.717, 1.165) is 38.6 Å². The molecule has 7 nitrogen and oxygen atoms in total. The summed E-state index contributed by atoms with van der Waals surface area (Å²) in [6.45, 7) is 8.32. The number of amides is 1. The van der Waals surface area contributed by atoms with Gasteiger partial charge in [-0.15, -0.1) is 0 Å². The fourth-order valence-corrected chi connectivity index (χ4v) is 3.26. The minimum atomic E-state index is -0.0870. The first kappa shape index (κ1) is 17.1. The number of piperazine rings is 1. The molecule has 3 rings (SSSR count). The van der Waals surface area contributed by atoms with Gasteiger partial charge in [-0.1, -0.05) is 0 Å². The zero-order chi connectivity index (χ0) is 16.9. The highest BCUT2D eigenvalue weighted by Gasteiger charge is 2.34. The van der Waals surface area contributed by atoms with Crippen molar-refractivity contribution in [2.24, 2.45) is 0 Å². The van der Waals surface area contributed by atoms with Crippen LogP contribution in [0.2, 0.25) is 0 Å². The number of hydrogen-bond donors (Lipinski definition) is 2. The molecule has 2 saturated heterocycles. The number of aromatic nitrogens is 1. The van der Waals surface area contributed by atoms with Gasteiger partial charge in [0, 0.05) is 38.9 Å². The van der Waals surface area contributed by atoms with E-state index in [9.17, 15) is 4.79 Å². The molecule has 0 bridgehead atoms. The van der Waals surface area contributed by atoms with Crippen molar-refractivity contribution in [2.75, 3.05) is 58.3 Å². The third kappa shape index (κ3) is 4.03. The van der Waals surface area contributed by atoms with Crippen molar-refractivity contribution < 1.29 is 9.53 Å². The number of likely N-dealkylation sites (N-methyl/N-ethyl adjacent to an activating group) is 1. The molecular formula is C17H27N5O2. The van der Waals surface area contributed by atoms with Crippen LogP contribution in [0.5, 0.6) is 0 Å². The number of pyridine rings is 1. The van der Waals surface area contributed by atoms with Gasteiger partial charge in [-0.3, -0.25) is 9.69 Å². The Kier molecular flexibility index (Phi) is 5.65. The zero-order valence-electron chi connectivity index (χ0n) is 14.5. The van der Waals surface area contributed by atoms with Crippen LogP contribution in [0, 0.1) is 0 Å². The monoisotopic (exact) mass is 333 g/mol. The lowest BCUT2D eigenvalue weighted by molar-refractivity contribution is 0.0948. The van der Waals surface area contributed by atoms with Gasteiger partial charge in [0.25, 0.3) is 5.91 Å². The fourth-order valence-electron chi connectivity index (χ4n) is 3.26. The van der Waals surface area contributed by atoms with E-state index < -0.39 is 0 Å². The lowest BCUT2D eigenvalue weighted by atomic mass is 10.1. The van der Waals surface area contributed by atoms with Crippen LogP contribution in [0.15, 0.2) is 18.3 Å². The van der Waals surface area contributed by atoms with Gasteiger partial charge in [-0.05, 0) is 26.1 Å². The molecule has 1 aromatic rings. The Bertz CT molecular complexity index is 542. The number of carbonyl (C=O) groups is 1. The molecule has 2 atom stereocenters. The maximum Gasteiger partial charge on any atom is 0.252 e. The predicted octanol–water partition coefficient (Wildman–Crippen LogP) is 0.258. The summed E-state index contributed by atoms with van der Waals surface area (Å²) in [6.07, 6.45) is 1.62. The summed E-state index contributed by atoms with van der Waals surface area (Å²) in [5, 5.41) is 6.25. The van der Waals surface area contributed by atoms with E-state index in [2.05, 4.69) is 32.5 Å². The summed E-state index contributed by atoms with van der Waals surface area (Å²) in [7, 11) is 2.17. The Hall–Kier alpha value is -1.70. The highest BCUT2D eigenvalue weighted by molar-refractivity contribution is 5.93. The Morgan fingerprint density at radius 2 is 2.08 bits per heavy atom. The maximum atomic E-state index is 11.8. The Balaban J connectivity index is 1.59. The minimum absolute atomic E-state index is 0.0870. The predicted molar refractivity (Wildman–Crippen MR) is 93.3 cm³/mol. The molecule has 2 fully saturated rings. The van der Waals surface area contributed by atoms with Crippen LogP contribution in [-0.4, -0.2) is 85.8 Å². The van der Waals surface area contributed by atoms with Crippen molar-refractivity contribution >= 4 is 11.7 Å². The normalized spacial score (nSPS) is 25.6. The highest BCUT2D eigenvalue weighted by atomic mass is 16.5. The third-order valence-electron chi connectivity index (χ3n) is 4.75. The van der Waals surface area contributed by atoms with Gasteiger partial charge in [0.05, 0.1) is 30.9 Å². The van der Waals surface area contributed by atoms with Crippen LogP contribution in [-0.2, 0) is 4.74 Å². The summed E-state index contributed by atoms with van der Waals surface area (Å²) < 4.78 is 5.71. The molecule has 1 amide bonds. The number of nitrogens with one attached hydrogen (secondary N) is 2. The first-order valence-corrected chi connectivity index (χ1v) is 8.68. The van der Waals surface area contributed by atoms with Crippen molar-refractivity contribution in [1.82, 2.24) is 20.1 Å². The third-order valence-corrected chi connectivity index (χ3v) is 4.75. The number of ether oxygens (including phenoxy) is 1. The number of anilines is 1. The van der Waals surface area contributed by atoms with Crippen molar-refractivity contribution in [3.63, 3.8) is 0 Å². The molecule has 0 aliphatic carbocycles. The van der Waals surface area contributed by atoms with Gasteiger partial charge < -0.3 is 20.3 Å². The Labute approximate surface area is 143 Å². The molecule has 0 radical (unpaired) electrons. The summed E-state index contributed by atoms with van der Waals surface area (Å²) in [4.78, 5) is 21.0. The number of nitrogens with zero attached hydrogens (tertiary/aromatic N) is 3. The molecule has 0 aromatic carbocycles. The molecule has 3 heterocycles. The maximum absolute atomic E-state index is 11.8. The van der Waals surface area contributed by atoms with Crippen LogP contribution < -0.4 is 10.6 Å². The van der Waals surface area contributed by atoms with E-state index in [1.165, 1.54) is 0 Å². The van der Waals surface area contributed by atoms with E-state index >= 15 is 0 Å². The van der Waals surface area contributed by atoms with E-state index in [-0.39, 0.29) is 11.9 Å². The van der Waals surface area contributed by atoms with Crippen molar-refractivity contribution in [1.29, 1.82) is 0 Å². The highest BCUT2D eigenvalue weighted by Crippen LogP contribution is 2.19. The molecule has 0 spiro atoms. The molecule has 0 saturated carbocycles. The minimum Gasteiger partial charge on any atom is -0.378 e. The average Bonchev–Trinajstić information content (AvgIpc) is 3.04. The van der Waals surface area contributed by atoms with Gasteiger partial charge in [0.15, 0.2) is 0 Å². The number of rotatable bonds is 5. The molecule has 1 aromatic heterocycles. The Morgan fingerprint density at radius 1 is 1.29 bits per heavy atom. The average molecular weight is 333 g/mol. The molecule has 2 aliphatic heterocycles. The van der Waals surface area contributed by atoms with Crippen LogP contribution in [0.3, 0.4) is 0 Å². The molecule has 24 heavy (non-hydrogen) atoms. The van der Waals surface area contributed by atoms with E-state index in [1.54, 1.807) is 12.3 Å². The molecule has 7 heteroatoms. The quantitative estimate of drug-likeness (QED) is 0.805. The van der Waals surface area contributed by atoms with Crippen molar-refractivity contribution in [2.45, 2.75) is 19.0 Å². The second kappa shape index (κ2) is 7.92. The lowest BCUT2D eigenvalue weighted by Gasteiger charge is -2.38. The first-order valence-electron chi connectivity index (χ1n) is 8.68. The summed E-state index contributed by atoms with van der Waals surface area (Å²) in [5.41, 5.74) is 0.584. The van der Waals surface area contributed by atoms with Crippen molar-refractivity contribution in [3.8, 4) is 0 Å². The zero-order valence-corrected chi connectivity index (χ0v) is 14.5. The second-order valence-corrected chi connectivity index (χ2v) is 6.49. The molecule has 0 unspecified atom stereocenters. The van der Waals surface area contributed by atoms with Crippen LogP contribution in [0.1, 0.15) is 17.3 Å². The van der Waals surface area contributed by atoms with Crippen molar-refractivity contribution in [3.05, 3.63) is 23.9 Å². The second-order valence-electron chi connectivity index (χ2n) is 6.49. The molecule has 132 valence electrons. The van der Waals surface area contributed by atoms with E-state index in [4.69, 9.17) is 4.74 Å². The largest absolute Gasteiger partial charge is 0.378 e. The standard InChI is InChI=1S/C17H27N5O2/c1-3-18-17(23)13-4-5-16(19-10-13)20-14-11-24-12-15(14)22-8-6-21(2)7-9-22/h4-5,10,14-15H,3,6-9,11-12H2,1-2H3,(H,18,23)(H,19,20)/t14-,15-/m0/s1. The number of hydrogen-bond acceptors (Lipinski definition) is 6. The van der Waals surface area contributed by atoms with Gasteiger partial charge in [-0.25, -0.2) is 4.98 Å². The van der Waals surface area contributed by atoms with Gasteiger partial charge >= 0.3 is 0 Å². The smallest absolute Gasteiger partial charge is 0.252 e. The van der Waals surface area contributed by atoms with Crippen LogP contribution >= 0.6 is 0 Å². The van der Waals surface area contributed by atoms with Crippen LogP contribution in [0.4, 0.5) is 5.82 Å². The summed E-state index contributed by atoms with van der Waals surface area (Å²) in [5.74, 6) is 0.703. The topological polar surface area (TPSA) is 69.7 Å². The molecular weight excluding hydrogens is 306 g/mol.